The molecule has 0 aliphatic heterocycles. The zero-order chi connectivity index (χ0) is 24.4. The first-order chi connectivity index (χ1) is 17.0. The maximum absolute atomic E-state index is 12.9. The van der Waals surface area contributed by atoms with E-state index in [9.17, 15) is 4.79 Å². The first kappa shape index (κ1) is 23.6. The van der Waals surface area contributed by atoms with Crippen LogP contribution >= 0.6 is 34.5 Å². The van der Waals surface area contributed by atoms with E-state index in [2.05, 4.69) is 17.0 Å². The molecular weight excluding hydrogens is 505 g/mol. The van der Waals surface area contributed by atoms with Crippen LogP contribution in [0.15, 0.2) is 63.8 Å². The first-order valence-corrected chi connectivity index (χ1v) is 12.8. The molecule has 6 nitrogen and oxygen atoms in total. The summed E-state index contributed by atoms with van der Waals surface area (Å²) in [7, 11) is 0. The third kappa shape index (κ3) is 5.12. The second-order valence-electron chi connectivity index (χ2n) is 7.95. The van der Waals surface area contributed by atoms with E-state index >= 15 is 0 Å². The number of rotatable bonds is 8. The van der Waals surface area contributed by atoms with Crippen LogP contribution in [0.2, 0.25) is 10.0 Å². The van der Waals surface area contributed by atoms with Crippen molar-refractivity contribution in [2.24, 2.45) is 0 Å². The standard InChI is InChI=1S/C26H21Cl2N3O3S/c1-2-3-4-13-33-18-8-5-16(6-9-18)24-29-26-31(30-24)25(32)23(35-26)15-19-10-12-22(34-19)20-14-17(27)7-11-21(20)28/h5-12,14-15H,2-4,13H2,1H3/b23-15+. The molecule has 0 spiro atoms. The van der Waals surface area contributed by atoms with Crippen LogP contribution in [0, 0.1) is 0 Å². The van der Waals surface area contributed by atoms with Crippen molar-refractivity contribution in [3.05, 3.63) is 85.3 Å². The molecule has 0 saturated carbocycles. The van der Waals surface area contributed by atoms with Crippen molar-refractivity contribution in [2.45, 2.75) is 26.2 Å². The highest BCUT2D eigenvalue weighted by Gasteiger charge is 2.13. The molecule has 3 aromatic heterocycles. The third-order valence-electron chi connectivity index (χ3n) is 5.40. The quantitative estimate of drug-likeness (QED) is 0.216. The van der Waals surface area contributed by atoms with Crippen LogP contribution in [0.25, 0.3) is 33.7 Å². The van der Waals surface area contributed by atoms with Crippen molar-refractivity contribution in [1.82, 2.24) is 14.6 Å². The molecule has 5 rings (SSSR count). The van der Waals surface area contributed by atoms with Gasteiger partial charge in [-0.1, -0.05) is 54.3 Å². The van der Waals surface area contributed by atoms with Crippen molar-refractivity contribution >= 4 is 45.6 Å². The summed E-state index contributed by atoms with van der Waals surface area (Å²) < 4.78 is 13.4. The summed E-state index contributed by atoms with van der Waals surface area (Å²) in [4.78, 5) is 18.0. The average Bonchev–Trinajstić information content (AvgIpc) is 3.56. The Balaban J connectivity index is 1.37. The van der Waals surface area contributed by atoms with E-state index in [0.717, 1.165) is 30.6 Å². The number of benzene rings is 2. The molecule has 0 unspecified atom stereocenters. The first-order valence-electron chi connectivity index (χ1n) is 11.2. The Morgan fingerprint density at radius 1 is 1.09 bits per heavy atom. The largest absolute Gasteiger partial charge is 0.494 e. The van der Waals surface area contributed by atoms with Gasteiger partial charge in [-0.2, -0.15) is 9.50 Å². The van der Waals surface area contributed by atoms with Crippen LogP contribution < -0.4 is 14.8 Å². The molecule has 35 heavy (non-hydrogen) atoms. The molecular formula is C26H21Cl2N3O3S. The van der Waals surface area contributed by atoms with Crippen LogP contribution in [0.5, 0.6) is 5.75 Å². The van der Waals surface area contributed by atoms with E-state index in [-0.39, 0.29) is 5.56 Å². The minimum Gasteiger partial charge on any atom is -0.494 e. The number of ether oxygens (including phenoxy) is 1. The van der Waals surface area contributed by atoms with Crippen molar-refractivity contribution in [2.75, 3.05) is 6.61 Å². The van der Waals surface area contributed by atoms with E-state index in [1.165, 1.54) is 15.9 Å². The van der Waals surface area contributed by atoms with Gasteiger partial charge in [0.05, 0.1) is 11.6 Å². The molecule has 0 radical (unpaired) electrons. The number of fused-ring (bicyclic) bond motifs is 1. The molecule has 0 atom stereocenters. The summed E-state index contributed by atoms with van der Waals surface area (Å²) >= 11 is 13.6. The summed E-state index contributed by atoms with van der Waals surface area (Å²) in [6, 6.07) is 16.3. The number of unbranched alkanes of at least 4 members (excludes halogenated alkanes) is 2. The lowest BCUT2D eigenvalue weighted by Gasteiger charge is -2.05. The molecule has 2 aromatic carbocycles. The van der Waals surface area contributed by atoms with Crippen LogP contribution in [0.3, 0.4) is 0 Å². The number of nitrogens with zero attached hydrogens (tertiary/aromatic N) is 3. The summed E-state index contributed by atoms with van der Waals surface area (Å²) in [5, 5.41) is 5.50. The van der Waals surface area contributed by atoms with Gasteiger partial charge in [0, 0.05) is 22.2 Å². The Morgan fingerprint density at radius 2 is 1.91 bits per heavy atom. The Morgan fingerprint density at radius 3 is 2.69 bits per heavy atom. The summed E-state index contributed by atoms with van der Waals surface area (Å²) in [6.07, 6.45) is 5.03. The van der Waals surface area contributed by atoms with Crippen molar-refractivity contribution in [3.8, 4) is 28.5 Å². The van der Waals surface area contributed by atoms with Crippen LogP contribution in [-0.2, 0) is 0 Å². The lowest BCUT2D eigenvalue weighted by atomic mass is 10.2. The van der Waals surface area contributed by atoms with Gasteiger partial charge in [-0.15, -0.1) is 5.10 Å². The van der Waals surface area contributed by atoms with Crippen LogP contribution in [0.1, 0.15) is 31.9 Å². The van der Waals surface area contributed by atoms with E-state index < -0.39 is 0 Å². The molecule has 0 aliphatic rings. The Kier molecular flexibility index (Phi) is 6.90. The lowest BCUT2D eigenvalue weighted by molar-refractivity contribution is 0.306. The fraction of sp³-hybridized carbons (Fsp3) is 0.192. The zero-order valence-electron chi connectivity index (χ0n) is 18.8. The summed E-state index contributed by atoms with van der Waals surface area (Å²) in [5.74, 6) is 2.39. The summed E-state index contributed by atoms with van der Waals surface area (Å²) in [5.41, 5.74) is 1.25. The average molecular weight is 526 g/mol. The van der Waals surface area contributed by atoms with Gasteiger partial charge in [0.1, 0.15) is 21.8 Å². The predicted molar refractivity (Wildman–Crippen MR) is 141 cm³/mol. The molecule has 3 heterocycles. The fourth-order valence-electron chi connectivity index (χ4n) is 3.59. The van der Waals surface area contributed by atoms with Crippen molar-refractivity contribution in [1.29, 1.82) is 0 Å². The number of thiazole rings is 1. The number of furan rings is 1. The van der Waals surface area contributed by atoms with Gasteiger partial charge < -0.3 is 9.15 Å². The second-order valence-corrected chi connectivity index (χ2v) is 9.80. The SMILES string of the molecule is CCCCCOc1ccc(-c2nc3s/c(=C/c4ccc(-c5cc(Cl)ccc5Cl)o4)c(=O)n3n2)cc1. The highest BCUT2D eigenvalue weighted by molar-refractivity contribution is 7.15. The van der Waals surface area contributed by atoms with Gasteiger partial charge in [0.15, 0.2) is 5.82 Å². The van der Waals surface area contributed by atoms with Gasteiger partial charge in [0.25, 0.3) is 5.56 Å². The topological polar surface area (TPSA) is 69.6 Å². The van der Waals surface area contributed by atoms with Crippen molar-refractivity contribution < 1.29 is 9.15 Å². The van der Waals surface area contributed by atoms with Gasteiger partial charge in [0.2, 0.25) is 4.96 Å². The van der Waals surface area contributed by atoms with Crippen LogP contribution in [-0.4, -0.2) is 21.2 Å². The Labute approximate surface area is 215 Å². The monoisotopic (exact) mass is 525 g/mol. The zero-order valence-corrected chi connectivity index (χ0v) is 21.2. The maximum Gasteiger partial charge on any atom is 0.291 e. The molecule has 0 aliphatic carbocycles. The van der Waals surface area contributed by atoms with Gasteiger partial charge in [-0.05, 0) is 61.0 Å². The molecule has 0 amide bonds. The molecule has 0 fully saturated rings. The van der Waals surface area contributed by atoms with E-state index in [0.29, 0.717) is 49.1 Å². The van der Waals surface area contributed by atoms with Gasteiger partial charge in [-0.3, -0.25) is 4.79 Å². The number of aromatic nitrogens is 3. The highest BCUT2D eigenvalue weighted by atomic mass is 35.5. The molecule has 0 bridgehead atoms. The van der Waals surface area contributed by atoms with Gasteiger partial charge in [-0.25, -0.2) is 0 Å². The predicted octanol–water partition coefficient (Wildman–Crippen LogP) is 6.50. The minimum absolute atomic E-state index is 0.252. The molecule has 0 N–H and O–H groups in total. The fourth-order valence-corrected chi connectivity index (χ4v) is 4.86. The van der Waals surface area contributed by atoms with Crippen LogP contribution in [0.4, 0.5) is 0 Å². The Bertz CT molecular complexity index is 1590. The summed E-state index contributed by atoms with van der Waals surface area (Å²) in [6.45, 7) is 2.87. The molecule has 5 aromatic rings. The van der Waals surface area contributed by atoms with E-state index in [4.69, 9.17) is 32.4 Å². The smallest absolute Gasteiger partial charge is 0.291 e. The van der Waals surface area contributed by atoms with E-state index in [1.807, 2.05) is 24.3 Å². The number of hydrogen-bond donors (Lipinski definition) is 0. The molecule has 178 valence electrons. The molecule has 0 saturated heterocycles. The normalized spacial score (nSPS) is 12.0. The number of halogens is 2. The van der Waals surface area contributed by atoms with Gasteiger partial charge >= 0.3 is 0 Å². The van der Waals surface area contributed by atoms with E-state index in [1.54, 1.807) is 36.4 Å². The lowest BCUT2D eigenvalue weighted by Crippen LogP contribution is -2.23. The minimum atomic E-state index is -0.252. The molecule has 9 heteroatoms. The Hall–Kier alpha value is -3.13. The number of hydrogen-bond acceptors (Lipinski definition) is 6. The second kappa shape index (κ2) is 10.2. The van der Waals surface area contributed by atoms with Crippen molar-refractivity contribution in [3.63, 3.8) is 0 Å². The third-order valence-corrected chi connectivity index (χ3v) is 6.93. The highest BCUT2D eigenvalue weighted by Crippen LogP contribution is 2.32. The maximum atomic E-state index is 12.9.